The monoisotopic (exact) mass is 388 g/mol. The van der Waals surface area contributed by atoms with Gasteiger partial charge in [0.15, 0.2) is 0 Å². The van der Waals surface area contributed by atoms with Crippen LogP contribution in [0.1, 0.15) is 6.92 Å². The summed E-state index contributed by atoms with van der Waals surface area (Å²) in [6, 6.07) is 13.6. The number of halogens is 1. The van der Waals surface area contributed by atoms with Crippen LogP contribution in [-0.4, -0.2) is 22.5 Å². The molecule has 0 aliphatic rings. The van der Waals surface area contributed by atoms with Crippen LogP contribution in [0.25, 0.3) is 21.8 Å². The lowest BCUT2D eigenvalue weighted by molar-refractivity contribution is 0.598. The molecule has 8 heteroatoms. The zero-order valence-corrected chi connectivity index (χ0v) is 15.8. The number of fused-ring (bicyclic) bond motifs is 3. The van der Waals surface area contributed by atoms with E-state index in [2.05, 4.69) is 27.3 Å². The predicted octanol–water partition coefficient (Wildman–Crippen LogP) is 4.00. The Bertz CT molecular complexity index is 1240. The number of nitrogens with zero attached hydrogens (tertiary/aromatic N) is 3. The summed E-state index contributed by atoms with van der Waals surface area (Å²) >= 11 is 6.03. The van der Waals surface area contributed by atoms with Gasteiger partial charge in [-0.05, 0) is 31.2 Å². The third-order valence-electron chi connectivity index (χ3n) is 4.43. The Morgan fingerprint density at radius 3 is 2.54 bits per heavy atom. The molecule has 0 aliphatic carbocycles. The number of para-hydroxylation sites is 1. The average molecular weight is 389 g/mol. The third kappa shape index (κ3) is 2.55. The lowest BCUT2D eigenvalue weighted by Crippen LogP contribution is -2.14. The number of aryl methyl sites for hydroxylation is 2. The van der Waals surface area contributed by atoms with Gasteiger partial charge in [0.05, 0.1) is 6.33 Å². The molecule has 6 nitrogen and oxygen atoms in total. The summed E-state index contributed by atoms with van der Waals surface area (Å²) in [7, 11) is -2.23. The summed E-state index contributed by atoms with van der Waals surface area (Å²) in [5.74, 6) is 0. The molecule has 4 aromatic rings. The first-order valence-corrected chi connectivity index (χ1v) is 9.99. The molecular formula is C18H17ClN4O2S. The second-order valence-electron chi connectivity index (χ2n) is 6.05. The highest BCUT2D eigenvalue weighted by molar-refractivity contribution is 7.92. The number of imidazole rings is 1. The van der Waals surface area contributed by atoms with E-state index in [0.717, 1.165) is 28.4 Å². The summed E-state index contributed by atoms with van der Waals surface area (Å²) < 4.78 is 31.5. The summed E-state index contributed by atoms with van der Waals surface area (Å²) in [6.45, 7) is 2.92. The van der Waals surface area contributed by atoms with E-state index in [1.54, 1.807) is 13.1 Å². The molecule has 0 spiro atoms. The molecule has 0 aliphatic heterocycles. The molecule has 4 rings (SSSR count). The first-order chi connectivity index (χ1) is 12.4. The van der Waals surface area contributed by atoms with Crippen molar-refractivity contribution in [3.63, 3.8) is 0 Å². The summed E-state index contributed by atoms with van der Waals surface area (Å²) in [4.78, 5) is 3.89. The number of hydrogen-bond donors (Lipinski definition) is 1. The van der Waals surface area contributed by atoms with E-state index in [1.807, 2.05) is 30.3 Å². The molecule has 0 atom stereocenters. The van der Waals surface area contributed by atoms with Crippen molar-refractivity contribution in [2.75, 3.05) is 4.72 Å². The minimum atomic E-state index is -3.86. The molecule has 2 heterocycles. The first-order valence-electron chi connectivity index (χ1n) is 8.13. The zero-order valence-electron chi connectivity index (χ0n) is 14.3. The van der Waals surface area contributed by atoms with Crippen LogP contribution in [0.2, 0.25) is 5.15 Å². The van der Waals surface area contributed by atoms with Gasteiger partial charge in [-0.15, -0.1) is 0 Å². The highest BCUT2D eigenvalue weighted by Crippen LogP contribution is 2.32. The SMILES string of the molecule is CCn1c2ccccc2c2cc(NS(=O)(=O)c3ncn(C)c3Cl)ccc21. The Kier molecular flexibility index (Phi) is 3.93. The minimum Gasteiger partial charge on any atom is -0.341 e. The molecule has 0 saturated carbocycles. The predicted molar refractivity (Wildman–Crippen MR) is 104 cm³/mol. The fourth-order valence-corrected chi connectivity index (χ4v) is 4.72. The molecule has 0 saturated heterocycles. The number of benzene rings is 2. The van der Waals surface area contributed by atoms with Crippen LogP contribution in [0.3, 0.4) is 0 Å². The van der Waals surface area contributed by atoms with Gasteiger partial charge in [-0.3, -0.25) is 4.72 Å². The first kappa shape index (κ1) is 16.9. The van der Waals surface area contributed by atoms with Gasteiger partial charge in [-0.25, -0.2) is 4.98 Å². The third-order valence-corrected chi connectivity index (χ3v) is 6.30. The highest BCUT2D eigenvalue weighted by atomic mass is 35.5. The topological polar surface area (TPSA) is 68.9 Å². The van der Waals surface area contributed by atoms with Crippen LogP contribution in [0, 0.1) is 0 Å². The van der Waals surface area contributed by atoms with Crippen molar-refractivity contribution in [1.82, 2.24) is 14.1 Å². The maximum absolute atomic E-state index is 12.6. The van der Waals surface area contributed by atoms with Crippen LogP contribution in [0.5, 0.6) is 0 Å². The fraction of sp³-hybridized carbons (Fsp3) is 0.167. The van der Waals surface area contributed by atoms with Crippen molar-refractivity contribution in [3.05, 3.63) is 53.9 Å². The van der Waals surface area contributed by atoms with Crippen LogP contribution in [0.4, 0.5) is 5.69 Å². The van der Waals surface area contributed by atoms with E-state index in [4.69, 9.17) is 11.6 Å². The molecule has 0 radical (unpaired) electrons. The van der Waals surface area contributed by atoms with Gasteiger partial charge in [-0.2, -0.15) is 8.42 Å². The van der Waals surface area contributed by atoms with E-state index in [0.29, 0.717) is 5.69 Å². The molecule has 0 unspecified atom stereocenters. The number of anilines is 1. The van der Waals surface area contributed by atoms with Gasteiger partial charge in [0.25, 0.3) is 10.0 Å². The number of rotatable bonds is 4. The molecule has 1 N–H and O–H groups in total. The minimum absolute atomic E-state index is 0.0705. The fourth-order valence-electron chi connectivity index (χ4n) is 3.24. The highest BCUT2D eigenvalue weighted by Gasteiger charge is 2.23. The maximum atomic E-state index is 12.6. The van der Waals surface area contributed by atoms with Gasteiger partial charge >= 0.3 is 0 Å². The Labute approximate surface area is 156 Å². The van der Waals surface area contributed by atoms with Gasteiger partial charge in [0, 0.05) is 41.1 Å². The van der Waals surface area contributed by atoms with E-state index in [1.165, 1.54) is 10.9 Å². The lowest BCUT2D eigenvalue weighted by atomic mass is 10.1. The van der Waals surface area contributed by atoms with E-state index in [9.17, 15) is 8.42 Å². The summed E-state index contributed by atoms with van der Waals surface area (Å²) in [5.41, 5.74) is 2.66. The van der Waals surface area contributed by atoms with Crippen molar-refractivity contribution in [2.24, 2.45) is 7.05 Å². The van der Waals surface area contributed by atoms with Crippen molar-refractivity contribution in [2.45, 2.75) is 18.5 Å². The smallest absolute Gasteiger partial charge is 0.282 e. The normalized spacial score (nSPS) is 12.1. The van der Waals surface area contributed by atoms with Crippen molar-refractivity contribution in [3.8, 4) is 0 Å². The number of nitrogens with one attached hydrogen (secondary N) is 1. The molecule has 0 bridgehead atoms. The summed E-state index contributed by atoms with van der Waals surface area (Å²) in [5, 5.41) is 1.97. The summed E-state index contributed by atoms with van der Waals surface area (Å²) in [6.07, 6.45) is 1.37. The second kappa shape index (κ2) is 6.03. The molecule has 0 fully saturated rings. The van der Waals surface area contributed by atoms with Crippen molar-refractivity contribution in [1.29, 1.82) is 0 Å². The Hall–Kier alpha value is -2.51. The molecule has 2 aromatic carbocycles. The van der Waals surface area contributed by atoms with Crippen LogP contribution < -0.4 is 4.72 Å². The molecule has 0 amide bonds. The molecular weight excluding hydrogens is 372 g/mol. The van der Waals surface area contributed by atoms with Gasteiger partial charge in [0.1, 0.15) is 5.15 Å². The maximum Gasteiger partial charge on any atom is 0.282 e. The van der Waals surface area contributed by atoms with Crippen LogP contribution >= 0.6 is 11.6 Å². The molecule has 2 aromatic heterocycles. The van der Waals surface area contributed by atoms with E-state index >= 15 is 0 Å². The quantitative estimate of drug-likeness (QED) is 0.574. The van der Waals surface area contributed by atoms with Gasteiger partial charge < -0.3 is 9.13 Å². The van der Waals surface area contributed by atoms with Crippen LogP contribution in [-0.2, 0) is 23.6 Å². The zero-order chi connectivity index (χ0) is 18.5. The van der Waals surface area contributed by atoms with Gasteiger partial charge in [0.2, 0.25) is 5.03 Å². The lowest BCUT2D eigenvalue weighted by Gasteiger charge is -2.08. The standard InChI is InChI=1S/C18H17ClN4O2S/c1-3-23-15-7-5-4-6-13(15)14-10-12(8-9-16(14)23)21-26(24,25)18-17(19)22(2)11-20-18/h4-11,21H,3H2,1-2H3. The van der Waals surface area contributed by atoms with Crippen molar-refractivity contribution < 1.29 is 8.42 Å². The van der Waals surface area contributed by atoms with Crippen LogP contribution in [0.15, 0.2) is 53.8 Å². The van der Waals surface area contributed by atoms with E-state index < -0.39 is 10.0 Å². The Morgan fingerprint density at radius 2 is 1.85 bits per heavy atom. The van der Waals surface area contributed by atoms with E-state index in [-0.39, 0.29) is 10.2 Å². The van der Waals surface area contributed by atoms with Crippen molar-refractivity contribution >= 4 is 49.1 Å². The molecule has 134 valence electrons. The van der Waals surface area contributed by atoms with Gasteiger partial charge in [-0.1, -0.05) is 29.8 Å². The largest absolute Gasteiger partial charge is 0.341 e. The number of hydrogen-bond acceptors (Lipinski definition) is 3. The number of sulfonamides is 1. The Morgan fingerprint density at radius 1 is 1.12 bits per heavy atom. The average Bonchev–Trinajstić information content (AvgIpc) is 3.12. The Balaban J connectivity index is 1.83. The number of aromatic nitrogens is 3. The molecule has 26 heavy (non-hydrogen) atoms. The second-order valence-corrected chi connectivity index (χ2v) is 8.01.